The van der Waals surface area contributed by atoms with Crippen LogP contribution in [-0.2, 0) is 0 Å². The number of thiophene rings is 1. The minimum Gasteiger partial charge on any atom is -0.368 e. The molecular weight excluding hydrogens is 210 g/mol. The Labute approximate surface area is 89.0 Å². The first-order chi connectivity index (χ1) is 7.34. The van der Waals surface area contributed by atoms with Crippen molar-refractivity contribution < 1.29 is 0 Å². The van der Waals surface area contributed by atoms with Gasteiger partial charge in [-0.2, -0.15) is 5.10 Å². The third-order valence-corrected chi connectivity index (χ3v) is 3.05. The average molecular weight is 217 g/mol. The Morgan fingerprint density at radius 1 is 1.33 bits per heavy atom. The highest BCUT2D eigenvalue weighted by atomic mass is 32.1. The van der Waals surface area contributed by atoms with Crippen LogP contribution in [0.5, 0.6) is 0 Å². The molecule has 3 aromatic heterocycles. The van der Waals surface area contributed by atoms with Crippen LogP contribution in [0.4, 0.5) is 5.95 Å². The molecular formula is C9H7N5S. The van der Waals surface area contributed by atoms with E-state index in [9.17, 15) is 0 Å². The number of fused-ring (bicyclic) bond motifs is 1. The van der Waals surface area contributed by atoms with Crippen molar-refractivity contribution in [2.24, 2.45) is 0 Å². The normalized spacial score (nSPS) is 10.9. The van der Waals surface area contributed by atoms with Gasteiger partial charge in [0.1, 0.15) is 0 Å². The summed E-state index contributed by atoms with van der Waals surface area (Å²) in [6.45, 7) is 0. The third kappa shape index (κ3) is 1.26. The van der Waals surface area contributed by atoms with E-state index in [4.69, 9.17) is 5.73 Å². The van der Waals surface area contributed by atoms with Gasteiger partial charge in [-0.05, 0) is 0 Å². The van der Waals surface area contributed by atoms with Gasteiger partial charge < -0.3 is 5.73 Å². The highest BCUT2D eigenvalue weighted by Crippen LogP contribution is 2.31. The van der Waals surface area contributed by atoms with E-state index in [-0.39, 0.29) is 0 Å². The Morgan fingerprint density at radius 3 is 3.07 bits per heavy atom. The lowest BCUT2D eigenvalue weighted by molar-refractivity contribution is 1.09. The van der Waals surface area contributed by atoms with Gasteiger partial charge in [-0.25, -0.2) is 9.97 Å². The van der Waals surface area contributed by atoms with Crippen molar-refractivity contribution in [1.29, 1.82) is 0 Å². The molecule has 0 amide bonds. The Kier molecular flexibility index (Phi) is 1.69. The molecule has 3 aromatic rings. The standard InChI is InChI=1S/C9H7N5S/c10-9-11-3-7-8(14-9)6(4-15-7)5-1-12-13-2-5/h1-4H,(H,12,13)(H2,10,11,14). The maximum Gasteiger partial charge on any atom is 0.220 e. The molecule has 0 aliphatic heterocycles. The van der Waals surface area contributed by atoms with Crippen LogP contribution in [-0.4, -0.2) is 20.2 Å². The van der Waals surface area contributed by atoms with E-state index in [1.54, 1.807) is 23.7 Å². The van der Waals surface area contributed by atoms with E-state index < -0.39 is 0 Å². The number of H-pyrrole nitrogens is 1. The van der Waals surface area contributed by atoms with Crippen molar-refractivity contribution >= 4 is 27.5 Å². The molecule has 0 spiro atoms. The molecule has 3 rings (SSSR count). The van der Waals surface area contributed by atoms with E-state index in [1.165, 1.54) is 0 Å². The van der Waals surface area contributed by atoms with Crippen LogP contribution in [0, 0.1) is 0 Å². The number of nitrogens with two attached hydrogens (primary N) is 1. The number of aromatic amines is 1. The lowest BCUT2D eigenvalue weighted by atomic mass is 10.2. The second-order valence-corrected chi connectivity index (χ2v) is 3.99. The number of hydrogen-bond donors (Lipinski definition) is 2. The summed E-state index contributed by atoms with van der Waals surface area (Å²) in [6.07, 6.45) is 5.34. The Balaban J connectivity index is 2.32. The van der Waals surface area contributed by atoms with E-state index in [2.05, 4.69) is 20.2 Å². The highest BCUT2D eigenvalue weighted by Gasteiger charge is 2.09. The molecule has 0 aliphatic rings. The molecule has 0 fully saturated rings. The van der Waals surface area contributed by atoms with Crippen LogP contribution in [0.15, 0.2) is 24.0 Å². The number of rotatable bonds is 1. The second kappa shape index (κ2) is 3.03. The van der Waals surface area contributed by atoms with Crippen LogP contribution < -0.4 is 5.73 Å². The molecule has 6 heteroatoms. The van der Waals surface area contributed by atoms with E-state index in [0.717, 1.165) is 21.3 Å². The van der Waals surface area contributed by atoms with Gasteiger partial charge in [-0.3, -0.25) is 5.10 Å². The number of aromatic nitrogens is 4. The van der Waals surface area contributed by atoms with E-state index >= 15 is 0 Å². The molecule has 0 unspecified atom stereocenters. The SMILES string of the molecule is Nc1ncc2scc(-c3cn[nH]c3)c2n1. The summed E-state index contributed by atoms with van der Waals surface area (Å²) in [5.74, 6) is 0.297. The Hall–Kier alpha value is -1.95. The maximum atomic E-state index is 5.56. The first-order valence-electron chi connectivity index (χ1n) is 4.33. The predicted molar refractivity (Wildman–Crippen MR) is 59.4 cm³/mol. The molecule has 74 valence electrons. The zero-order chi connectivity index (χ0) is 10.3. The monoisotopic (exact) mass is 217 g/mol. The summed E-state index contributed by atoms with van der Waals surface area (Å²) in [4.78, 5) is 8.18. The van der Waals surface area contributed by atoms with E-state index in [0.29, 0.717) is 5.95 Å². The van der Waals surface area contributed by atoms with Crippen LogP contribution in [0.25, 0.3) is 21.3 Å². The number of nitrogens with zero attached hydrogens (tertiary/aromatic N) is 3. The molecule has 0 bridgehead atoms. The fourth-order valence-corrected chi connectivity index (χ4v) is 2.32. The van der Waals surface area contributed by atoms with Gasteiger partial charge in [0.05, 0.1) is 22.6 Å². The second-order valence-electron chi connectivity index (χ2n) is 3.08. The molecule has 3 heterocycles. The van der Waals surface area contributed by atoms with Crippen molar-refractivity contribution in [3.05, 3.63) is 24.0 Å². The zero-order valence-electron chi connectivity index (χ0n) is 7.64. The number of nitrogens with one attached hydrogen (secondary N) is 1. The Morgan fingerprint density at radius 2 is 2.27 bits per heavy atom. The summed E-state index contributed by atoms with van der Waals surface area (Å²) < 4.78 is 1.03. The Bertz CT molecular complexity index is 598. The van der Waals surface area contributed by atoms with Gasteiger partial charge in [0.25, 0.3) is 0 Å². The number of nitrogen functional groups attached to an aromatic ring is 1. The van der Waals surface area contributed by atoms with Crippen LogP contribution in [0.3, 0.4) is 0 Å². The van der Waals surface area contributed by atoms with Gasteiger partial charge in [-0.15, -0.1) is 11.3 Å². The van der Waals surface area contributed by atoms with Crippen molar-refractivity contribution in [3.8, 4) is 11.1 Å². The minimum absolute atomic E-state index is 0.297. The molecule has 0 atom stereocenters. The molecule has 0 aromatic carbocycles. The van der Waals surface area contributed by atoms with Crippen molar-refractivity contribution in [3.63, 3.8) is 0 Å². The molecule has 3 N–H and O–H groups in total. The average Bonchev–Trinajstić information content (AvgIpc) is 2.83. The number of anilines is 1. The first kappa shape index (κ1) is 8.37. The van der Waals surface area contributed by atoms with Crippen molar-refractivity contribution in [1.82, 2.24) is 20.2 Å². The highest BCUT2D eigenvalue weighted by molar-refractivity contribution is 7.17. The first-order valence-corrected chi connectivity index (χ1v) is 5.21. The molecule has 15 heavy (non-hydrogen) atoms. The summed E-state index contributed by atoms with van der Waals surface area (Å²) in [7, 11) is 0. The summed E-state index contributed by atoms with van der Waals surface area (Å²) in [5.41, 5.74) is 8.50. The quantitative estimate of drug-likeness (QED) is 0.649. The van der Waals surface area contributed by atoms with Crippen molar-refractivity contribution in [2.45, 2.75) is 0 Å². The van der Waals surface area contributed by atoms with E-state index in [1.807, 2.05) is 11.6 Å². The van der Waals surface area contributed by atoms with Crippen LogP contribution in [0.2, 0.25) is 0 Å². The topological polar surface area (TPSA) is 80.5 Å². The molecule has 5 nitrogen and oxygen atoms in total. The third-order valence-electron chi connectivity index (χ3n) is 2.14. The lowest BCUT2D eigenvalue weighted by Crippen LogP contribution is -1.92. The van der Waals surface area contributed by atoms with Crippen LogP contribution >= 0.6 is 11.3 Å². The molecule has 0 saturated carbocycles. The van der Waals surface area contributed by atoms with Crippen LogP contribution in [0.1, 0.15) is 0 Å². The zero-order valence-corrected chi connectivity index (χ0v) is 8.45. The van der Waals surface area contributed by atoms with Gasteiger partial charge in [0, 0.05) is 22.7 Å². The van der Waals surface area contributed by atoms with Crippen molar-refractivity contribution in [2.75, 3.05) is 5.73 Å². The predicted octanol–water partition coefficient (Wildman–Crippen LogP) is 1.66. The largest absolute Gasteiger partial charge is 0.368 e. The minimum atomic E-state index is 0.297. The fraction of sp³-hybridized carbons (Fsp3) is 0. The molecule has 0 aliphatic carbocycles. The van der Waals surface area contributed by atoms with Gasteiger partial charge in [0.2, 0.25) is 5.95 Å². The maximum absolute atomic E-state index is 5.56. The summed E-state index contributed by atoms with van der Waals surface area (Å²) in [5, 5.41) is 8.72. The van der Waals surface area contributed by atoms with Gasteiger partial charge >= 0.3 is 0 Å². The summed E-state index contributed by atoms with van der Waals surface area (Å²) in [6, 6.07) is 0. The fourth-order valence-electron chi connectivity index (χ4n) is 1.44. The molecule has 0 radical (unpaired) electrons. The molecule has 0 saturated heterocycles. The number of hydrogen-bond acceptors (Lipinski definition) is 5. The lowest BCUT2D eigenvalue weighted by Gasteiger charge is -1.94. The smallest absolute Gasteiger partial charge is 0.220 e. The van der Waals surface area contributed by atoms with Gasteiger partial charge in [0.15, 0.2) is 0 Å². The summed E-state index contributed by atoms with van der Waals surface area (Å²) >= 11 is 1.60. The van der Waals surface area contributed by atoms with Gasteiger partial charge in [-0.1, -0.05) is 0 Å².